The molecule has 0 radical (unpaired) electrons. The zero-order chi connectivity index (χ0) is 14.6. The predicted octanol–water partition coefficient (Wildman–Crippen LogP) is 1.88. The Morgan fingerprint density at radius 1 is 1.47 bits per heavy atom. The van der Waals surface area contributed by atoms with Crippen molar-refractivity contribution in [2.45, 2.75) is 26.3 Å². The second-order valence-corrected chi connectivity index (χ2v) is 3.98. The van der Waals surface area contributed by atoms with E-state index in [0.717, 1.165) is 6.07 Å². The summed E-state index contributed by atoms with van der Waals surface area (Å²) in [6.07, 6.45) is 0.247. The van der Waals surface area contributed by atoms with Crippen LogP contribution < -0.4 is 5.32 Å². The first-order valence-corrected chi connectivity index (χ1v) is 5.67. The smallest absolute Gasteiger partial charge is 0.335 e. The third-order valence-electron chi connectivity index (χ3n) is 2.64. The molecule has 0 aliphatic heterocycles. The lowest BCUT2D eigenvalue weighted by Gasteiger charge is -2.14. The maximum atomic E-state index is 11.3. The van der Waals surface area contributed by atoms with Crippen LogP contribution in [0.1, 0.15) is 42.2 Å². The standard InChI is InChI=1S/C12H14N2O5/c1-3-11(15)13-7(2)9-6-8(12(16)17)4-5-10(9)14(18)19/h4-7H,3H2,1-2H3,(H,13,15)(H,16,17). The van der Waals surface area contributed by atoms with Gasteiger partial charge in [-0.1, -0.05) is 6.92 Å². The fourth-order valence-corrected chi connectivity index (χ4v) is 1.62. The van der Waals surface area contributed by atoms with Crippen LogP contribution in [0, 0.1) is 10.1 Å². The molecule has 1 aromatic carbocycles. The Morgan fingerprint density at radius 2 is 2.11 bits per heavy atom. The van der Waals surface area contributed by atoms with Crippen LogP contribution in [0.2, 0.25) is 0 Å². The van der Waals surface area contributed by atoms with Crippen LogP contribution in [-0.2, 0) is 4.79 Å². The summed E-state index contributed by atoms with van der Waals surface area (Å²) in [4.78, 5) is 32.5. The molecule has 1 aromatic rings. The molecule has 19 heavy (non-hydrogen) atoms. The number of carbonyl (C=O) groups excluding carboxylic acids is 1. The molecular formula is C12H14N2O5. The van der Waals surface area contributed by atoms with Gasteiger partial charge in [-0.2, -0.15) is 0 Å². The Balaban J connectivity index is 3.20. The van der Waals surface area contributed by atoms with Crippen molar-refractivity contribution in [3.05, 3.63) is 39.4 Å². The number of carboxylic acids is 1. The molecule has 0 aliphatic carbocycles. The Bertz CT molecular complexity index is 527. The summed E-state index contributed by atoms with van der Waals surface area (Å²) in [5.74, 6) is -1.44. The molecule has 0 spiro atoms. The van der Waals surface area contributed by atoms with E-state index >= 15 is 0 Å². The van der Waals surface area contributed by atoms with Gasteiger partial charge in [0.15, 0.2) is 0 Å². The Kier molecular flexibility index (Phi) is 4.57. The van der Waals surface area contributed by atoms with E-state index < -0.39 is 16.9 Å². The van der Waals surface area contributed by atoms with Crippen molar-refractivity contribution in [2.75, 3.05) is 0 Å². The summed E-state index contributed by atoms with van der Waals surface area (Å²) < 4.78 is 0. The molecule has 0 aromatic heterocycles. The van der Waals surface area contributed by atoms with Crippen LogP contribution in [-0.4, -0.2) is 21.9 Å². The van der Waals surface area contributed by atoms with Gasteiger partial charge in [-0.05, 0) is 19.1 Å². The molecule has 0 heterocycles. The molecule has 0 saturated carbocycles. The minimum Gasteiger partial charge on any atom is -0.478 e. The zero-order valence-corrected chi connectivity index (χ0v) is 10.5. The molecule has 0 fully saturated rings. The first kappa shape index (κ1) is 14.6. The van der Waals surface area contributed by atoms with Gasteiger partial charge in [-0.3, -0.25) is 14.9 Å². The van der Waals surface area contributed by atoms with Gasteiger partial charge in [-0.15, -0.1) is 0 Å². The van der Waals surface area contributed by atoms with E-state index in [2.05, 4.69) is 5.32 Å². The average molecular weight is 266 g/mol. The lowest BCUT2D eigenvalue weighted by atomic mass is 10.0. The number of hydrogen-bond acceptors (Lipinski definition) is 4. The number of hydrogen-bond donors (Lipinski definition) is 2. The van der Waals surface area contributed by atoms with Gasteiger partial charge in [0.2, 0.25) is 5.91 Å². The molecule has 1 unspecified atom stereocenters. The maximum absolute atomic E-state index is 11.3. The second-order valence-electron chi connectivity index (χ2n) is 3.98. The topological polar surface area (TPSA) is 110 Å². The van der Waals surface area contributed by atoms with E-state index in [9.17, 15) is 19.7 Å². The first-order valence-electron chi connectivity index (χ1n) is 5.67. The van der Waals surface area contributed by atoms with Crippen LogP contribution in [0.4, 0.5) is 5.69 Å². The predicted molar refractivity (Wildman–Crippen MR) is 66.9 cm³/mol. The molecule has 2 N–H and O–H groups in total. The number of amides is 1. The third kappa shape index (κ3) is 3.51. The van der Waals surface area contributed by atoms with Crippen molar-refractivity contribution in [3.8, 4) is 0 Å². The molecule has 1 rings (SSSR count). The summed E-state index contributed by atoms with van der Waals surface area (Å²) in [5, 5.41) is 22.4. The number of nitrogens with one attached hydrogen (secondary N) is 1. The normalized spacial score (nSPS) is 11.7. The Labute approximate surface area is 109 Å². The number of carboxylic acid groups (broad SMARTS) is 1. The molecule has 0 aliphatic rings. The van der Waals surface area contributed by atoms with Gasteiger partial charge >= 0.3 is 5.97 Å². The highest BCUT2D eigenvalue weighted by Gasteiger charge is 2.21. The van der Waals surface area contributed by atoms with Gasteiger partial charge in [0, 0.05) is 12.5 Å². The van der Waals surface area contributed by atoms with Crippen LogP contribution in [0.5, 0.6) is 0 Å². The number of carbonyl (C=O) groups is 2. The van der Waals surface area contributed by atoms with E-state index in [-0.39, 0.29) is 29.1 Å². The minimum atomic E-state index is -1.18. The number of nitro benzene ring substituents is 1. The molecule has 102 valence electrons. The van der Waals surface area contributed by atoms with Gasteiger partial charge < -0.3 is 10.4 Å². The minimum absolute atomic E-state index is 0.0572. The summed E-state index contributed by atoms with van der Waals surface area (Å²) >= 11 is 0. The highest BCUT2D eigenvalue weighted by molar-refractivity contribution is 5.88. The van der Waals surface area contributed by atoms with Gasteiger partial charge in [0.05, 0.1) is 22.1 Å². The van der Waals surface area contributed by atoms with E-state index in [1.54, 1.807) is 13.8 Å². The number of benzene rings is 1. The van der Waals surface area contributed by atoms with Crippen molar-refractivity contribution in [1.82, 2.24) is 5.32 Å². The van der Waals surface area contributed by atoms with Crippen molar-refractivity contribution in [1.29, 1.82) is 0 Å². The molecular weight excluding hydrogens is 252 g/mol. The fraction of sp³-hybridized carbons (Fsp3) is 0.333. The Morgan fingerprint density at radius 3 is 2.58 bits per heavy atom. The maximum Gasteiger partial charge on any atom is 0.335 e. The number of nitro groups is 1. The molecule has 7 heteroatoms. The molecule has 7 nitrogen and oxygen atoms in total. The Hall–Kier alpha value is -2.44. The van der Waals surface area contributed by atoms with Crippen molar-refractivity contribution >= 4 is 17.6 Å². The SMILES string of the molecule is CCC(=O)NC(C)c1cc(C(=O)O)ccc1[N+](=O)[O-]. The highest BCUT2D eigenvalue weighted by Crippen LogP contribution is 2.26. The van der Waals surface area contributed by atoms with Crippen LogP contribution in [0.15, 0.2) is 18.2 Å². The van der Waals surface area contributed by atoms with Crippen molar-refractivity contribution in [3.63, 3.8) is 0 Å². The lowest BCUT2D eigenvalue weighted by Crippen LogP contribution is -2.26. The van der Waals surface area contributed by atoms with Crippen LogP contribution >= 0.6 is 0 Å². The number of aromatic carboxylic acids is 1. The van der Waals surface area contributed by atoms with Gasteiger partial charge in [0.25, 0.3) is 5.69 Å². The zero-order valence-electron chi connectivity index (χ0n) is 10.5. The third-order valence-corrected chi connectivity index (χ3v) is 2.64. The number of nitrogens with zero attached hydrogens (tertiary/aromatic N) is 1. The summed E-state index contributed by atoms with van der Waals surface area (Å²) in [5.41, 5.74) is -0.0983. The van der Waals surface area contributed by atoms with E-state index in [1.807, 2.05) is 0 Å². The van der Waals surface area contributed by atoms with Crippen LogP contribution in [0.25, 0.3) is 0 Å². The fourth-order valence-electron chi connectivity index (χ4n) is 1.62. The largest absolute Gasteiger partial charge is 0.478 e. The first-order chi connectivity index (χ1) is 8.86. The summed E-state index contributed by atoms with van der Waals surface area (Å²) in [7, 11) is 0. The summed E-state index contributed by atoms with van der Waals surface area (Å²) in [6, 6.07) is 2.87. The van der Waals surface area contributed by atoms with E-state index in [4.69, 9.17) is 5.11 Å². The van der Waals surface area contributed by atoms with E-state index in [1.165, 1.54) is 12.1 Å². The molecule has 0 bridgehead atoms. The lowest BCUT2D eigenvalue weighted by molar-refractivity contribution is -0.385. The highest BCUT2D eigenvalue weighted by atomic mass is 16.6. The summed E-state index contributed by atoms with van der Waals surface area (Å²) in [6.45, 7) is 3.23. The van der Waals surface area contributed by atoms with Gasteiger partial charge in [0.1, 0.15) is 0 Å². The van der Waals surface area contributed by atoms with Crippen molar-refractivity contribution < 1.29 is 19.6 Å². The molecule has 1 amide bonds. The number of rotatable bonds is 5. The molecule has 0 saturated heterocycles. The molecule has 1 atom stereocenters. The second kappa shape index (κ2) is 5.94. The monoisotopic (exact) mass is 266 g/mol. The van der Waals surface area contributed by atoms with E-state index in [0.29, 0.717) is 0 Å². The van der Waals surface area contributed by atoms with Gasteiger partial charge in [-0.25, -0.2) is 4.79 Å². The quantitative estimate of drug-likeness (QED) is 0.624. The van der Waals surface area contributed by atoms with Crippen LogP contribution in [0.3, 0.4) is 0 Å². The van der Waals surface area contributed by atoms with Crippen molar-refractivity contribution in [2.24, 2.45) is 0 Å². The average Bonchev–Trinajstić information content (AvgIpc) is 2.37.